The molecule has 1 aromatic rings. The Balaban J connectivity index is 1.89. The highest BCUT2D eigenvalue weighted by Gasteiger charge is 2.15. The van der Waals surface area contributed by atoms with Crippen molar-refractivity contribution in [3.8, 4) is 5.75 Å². The Labute approximate surface area is 116 Å². The number of hydrogen-bond donors (Lipinski definition) is 1. The molecular formula is C16H25NO2. The summed E-state index contributed by atoms with van der Waals surface area (Å²) in [5.74, 6) is 0.946. The van der Waals surface area contributed by atoms with Crippen molar-refractivity contribution in [1.29, 1.82) is 0 Å². The van der Waals surface area contributed by atoms with Gasteiger partial charge in [-0.05, 0) is 50.8 Å². The minimum absolute atomic E-state index is 0.374. The molecule has 0 amide bonds. The predicted octanol–water partition coefficient (Wildman–Crippen LogP) is 3.31. The van der Waals surface area contributed by atoms with Gasteiger partial charge >= 0.3 is 0 Å². The van der Waals surface area contributed by atoms with Crippen LogP contribution in [0.3, 0.4) is 0 Å². The van der Waals surface area contributed by atoms with Crippen molar-refractivity contribution >= 4 is 0 Å². The summed E-state index contributed by atoms with van der Waals surface area (Å²) in [4.78, 5) is 0. The normalized spacial score (nSPS) is 21.7. The standard InChI is InChI=1S/C16H25NO2/c1-3-19-16-8-6-14(7-9-16)13(2)17-15-5-4-11-18-12-10-15/h6-9,13,15,17H,3-5,10-12H2,1-2H3. The van der Waals surface area contributed by atoms with Crippen LogP contribution in [0.2, 0.25) is 0 Å². The molecule has 2 atom stereocenters. The lowest BCUT2D eigenvalue weighted by molar-refractivity contribution is 0.142. The van der Waals surface area contributed by atoms with Crippen LogP contribution in [0, 0.1) is 0 Å². The van der Waals surface area contributed by atoms with E-state index in [1.54, 1.807) is 0 Å². The summed E-state index contributed by atoms with van der Waals surface area (Å²) in [6.07, 6.45) is 3.48. The minimum Gasteiger partial charge on any atom is -0.494 e. The van der Waals surface area contributed by atoms with Crippen LogP contribution in [0.5, 0.6) is 5.75 Å². The van der Waals surface area contributed by atoms with Crippen molar-refractivity contribution in [2.75, 3.05) is 19.8 Å². The van der Waals surface area contributed by atoms with Crippen LogP contribution in [0.1, 0.15) is 44.7 Å². The minimum atomic E-state index is 0.374. The third kappa shape index (κ3) is 4.51. The van der Waals surface area contributed by atoms with Crippen LogP contribution in [0.4, 0.5) is 0 Å². The van der Waals surface area contributed by atoms with Gasteiger partial charge in [-0.1, -0.05) is 12.1 Å². The maximum Gasteiger partial charge on any atom is 0.119 e. The van der Waals surface area contributed by atoms with Crippen LogP contribution in [-0.2, 0) is 4.74 Å². The number of nitrogens with one attached hydrogen (secondary N) is 1. The summed E-state index contributed by atoms with van der Waals surface area (Å²) in [6.45, 7) is 6.74. The van der Waals surface area contributed by atoms with E-state index in [2.05, 4.69) is 24.4 Å². The molecule has 1 heterocycles. The van der Waals surface area contributed by atoms with Gasteiger partial charge in [0.25, 0.3) is 0 Å². The Kier molecular flexibility index (Phi) is 5.67. The molecule has 106 valence electrons. The summed E-state index contributed by atoms with van der Waals surface area (Å²) >= 11 is 0. The van der Waals surface area contributed by atoms with E-state index in [9.17, 15) is 0 Å². The van der Waals surface area contributed by atoms with Gasteiger partial charge in [-0.3, -0.25) is 0 Å². The molecule has 0 radical (unpaired) electrons. The smallest absolute Gasteiger partial charge is 0.119 e. The summed E-state index contributed by atoms with van der Waals surface area (Å²) in [7, 11) is 0. The van der Waals surface area contributed by atoms with E-state index in [0.29, 0.717) is 12.1 Å². The van der Waals surface area contributed by atoms with E-state index >= 15 is 0 Å². The molecule has 0 spiro atoms. The Morgan fingerprint density at radius 2 is 2.05 bits per heavy atom. The largest absolute Gasteiger partial charge is 0.494 e. The summed E-state index contributed by atoms with van der Waals surface area (Å²) in [5, 5.41) is 3.71. The van der Waals surface area contributed by atoms with Gasteiger partial charge in [-0.15, -0.1) is 0 Å². The molecule has 1 N–H and O–H groups in total. The molecule has 1 saturated heterocycles. The maximum absolute atomic E-state index is 5.50. The molecule has 3 heteroatoms. The summed E-state index contributed by atoms with van der Waals surface area (Å²) in [6, 6.07) is 9.34. The Bertz CT molecular complexity index is 356. The molecular weight excluding hydrogens is 238 g/mol. The molecule has 1 fully saturated rings. The zero-order valence-electron chi connectivity index (χ0n) is 12.0. The first kappa shape index (κ1) is 14.4. The molecule has 0 bridgehead atoms. The van der Waals surface area contributed by atoms with Crippen LogP contribution in [0.25, 0.3) is 0 Å². The van der Waals surface area contributed by atoms with E-state index in [1.165, 1.54) is 12.0 Å². The molecule has 1 aliphatic rings. The van der Waals surface area contributed by atoms with Crippen LogP contribution in [-0.4, -0.2) is 25.9 Å². The molecule has 3 nitrogen and oxygen atoms in total. The van der Waals surface area contributed by atoms with Crippen molar-refractivity contribution in [1.82, 2.24) is 5.32 Å². The molecule has 0 aromatic heterocycles. The van der Waals surface area contributed by atoms with Gasteiger partial charge in [0.2, 0.25) is 0 Å². The van der Waals surface area contributed by atoms with E-state index in [4.69, 9.17) is 9.47 Å². The third-order valence-corrected chi connectivity index (χ3v) is 3.63. The average Bonchev–Trinajstić information content (AvgIpc) is 2.68. The van der Waals surface area contributed by atoms with E-state index in [-0.39, 0.29) is 0 Å². The topological polar surface area (TPSA) is 30.5 Å². The van der Waals surface area contributed by atoms with Gasteiger partial charge in [0.1, 0.15) is 5.75 Å². The maximum atomic E-state index is 5.50. The molecule has 19 heavy (non-hydrogen) atoms. The Morgan fingerprint density at radius 3 is 2.79 bits per heavy atom. The molecule has 0 saturated carbocycles. The lowest BCUT2D eigenvalue weighted by Gasteiger charge is -2.22. The van der Waals surface area contributed by atoms with Gasteiger partial charge < -0.3 is 14.8 Å². The zero-order chi connectivity index (χ0) is 13.5. The first-order valence-corrected chi connectivity index (χ1v) is 7.36. The number of benzene rings is 1. The number of hydrogen-bond acceptors (Lipinski definition) is 3. The molecule has 2 unspecified atom stereocenters. The second-order valence-corrected chi connectivity index (χ2v) is 5.13. The van der Waals surface area contributed by atoms with E-state index in [0.717, 1.165) is 38.4 Å². The van der Waals surface area contributed by atoms with Crippen molar-refractivity contribution in [3.63, 3.8) is 0 Å². The summed E-state index contributed by atoms with van der Waals surface area (Å²) < 4.78 is 11.0. The van der Waals surface area contributed by atoms with Crippen LogP contribution >= 0.6 is 0 Å². The van der Waals surface area contributed by atoms with Crippen LogP contribution < -0.4 is 10.1 Å². The molecule has 0 aliphatic carbocycles. The first-order valence-electron chi connectivity index (χ1n) is 7.36. The number of ether oxygens (including phenoxy) is 2. The fourth-order valence-electron chi connectivity index (χ4n) is 2.54. The molecule has 1 aliphatic heterocycles. The lowest BCUT2D eigenvalue weighted by atomic mass is 10.0. The van der Waals surface area contributed by atoms with Gasteiger partial charge in [0.05, 0.1) is 6.61 Å². The van der Waals surface area contributed by atoms with E-state index in [1.807, 2.05) is 19.1 Å². The average molecular weight is 263 g/mol. The number of rotatable bonds is 5. The van der Waals surface area contributed by atoms with Gasteiger partial charge in [0, 0.05) is 25.3 Å². The second-order valence-electron chi connectivity index (χ2n) is 5.13. The van der Waals surface area contributed by atoms with Gasteiger partial charge in [-0.25, -0.2) is 0 Å². The van der Waals surface area contributed by atoms with Crippen LogP contribution in [0.15, 0.2) is 24.3 Å². The second kappa shape index (κ2) is 7.51. The Hall–Kier alpha value is -1.06. The quantitative estimate of drug-likeness (QED) is 0.884. The predicted molar refractivity (Wildman–Crippen MR) is 77.6 cm³/mol. The highest BCUT2D eigenvalue weighted by Crippen LogP contribution is 2.20. The summed E-state index contributed by atoms with van der Waals surface area (Å²) in [5.41, 5.74) is 1.31. The lowest BCUT2D eigenvalue weighted by Crippen LogP contribution is -2.31. The van der Waals surface area contributed by atoms with Gasteiger partial charge in [0.15, 0.2) is 0 Å². The third-order valence-electron chi connectivity index (χ3n) is 3.63. The monoisotopic (exact) mass is 263 g/mol. The first-order chi connectivity index (χ1) is 9.29. The van der Waals surface area contributed by atoms with E-state index < -0.39 is 0 Å². The molecule has 2 rings (SSSR count). The van der Waals surface area contributed by atoms with Crippen molar-refractivity contribution in [2.24, 2.45) is 0 Å². The SMILES string of the molecule is CCOc1ccc(C(C)NC2CCCOCC2)cc1. The van der Waals surface area contributed by atoms with Crippen molar-refractivity contribution in [3.05, 3.63) is 29.8 Å². The molecule has 1 aromatic carbocycles. The highest BCUT2D eigenvalue weighted by molar-refractivity contribution is 5.29. The fraction of sp³-hybridized carbons (Fsp3) is 0.625. The van der Waals surface area contributed by atoms with Gasteiger partial charge in [-0.2, -0.15) is 0 Å². The Morgan fingerprint density at radius 1 is 1.26 bits per heavy atom. The highest BCUT2D eigenvalue weighted by atomic mass is 16.5. The zero-order valence-corrected chi connectivity index (χ0v) is 12.0. The van der Waals surface area contributed by atoms with Crippen molar-refractivity contribution < 1.29 is 9.47 Å². The fourth-order valence-corrected chi connectivity index (χ4v) is 2.54. The van der Waals surface area contributed by atoms with Crippen molar-refractivity contribution in [2.45, 2.75) is 45.2 Å².